The summed E-state index contributed by atoms with van der Waals surface area (Å²) in [5.41, 5.74) is 0.330. The summed E-state index contributed by atoms with van der Waals surface area (Å²) in [7, 11) is 1.73. The summed E-state index contributed by atoms with van der Waals surface area (Å²) < 4.78 is 3.67. The normalized spacial score (nSPS) is 11.0. The summed E-state index contributed by atoms with van der Waals surface area (Å²) in [6, 6.07) is 3.72. The quantitative estimate of drug-likeness (QED) is 0.580. The van der Waals surface area contributed by atoms with E-state index in [-0.39, 0.29) is 24.4 Å². The van der Waals surface area contributed by atoms with E-state index in [1.807, 2.05) is 12.1 Å². The van der Waals surface area contributed by atoms with Gasteiger partial charge in [-0.25, -0.2) is 4.98 Å². The molecule has 136 valence electrons. The molecule has 0 spiro atoms. The lowest BCUT2D eigenvalue weighted by Crippen LogP contribution is -2.32. The lowest BCUT2D eigenvalue weighted by Gasteiger charge is -2.20. The van der Waals surface area contributed by atoms with Gasteiger partial charge in [0.15, 0.2) is 5.65 Å². The Bertz CT molecular complexity index is 1010. The molecule has 0 unspecified atom stereocenters. The van der Waals surface area contributed by atoms with Crippen LogP contribution in [0.5, 0.6) is 0 Å². The van der Waals surface area contributed by atoms with Crippen molar-refractivity contribution in [2.75, 3.05) is 6.54 Å². The number of halogens is 1. The van der Waals surface area contributed by atoms with Crippen LogP contribution in [-0.4, -0.2) is 36.7 Å². The number of carbonyl (C=O) groups is 1. The highest BCUT2D eigenvalue weighted by atomic mass is 35.5. The fourth-order valence-electron chi connectivity index (χ4n) is 2.64. The van der Waals surface area contributed by atoms with Gasteiger partial charge < -0.3 is 4.90 Å². The van der Waals surface area contributed by atoms with Crippen molar-refractivity contribution in [3.8, 4) is 0 Å². The number of aromatic nitrogens is 4. The number of rotatable bonds is 7. The molecule has 0 aliphatic heterocycles. The fourth-order valence-corrected chi connectivity index (χ4v) is 3.74. The highest BCUT2D eigenvalue weighted by Crippen LogP contribution is 2.23. The lowest BCUT2D eigenvalue weighted by molar-refractivity contribution is -0.131. The molecule has 3 heterocycles. The van der Waals surface area contributed by atoms with E-state index in [1.165, 1.54) is 28.4 Å². The van der Waals surface area contributed by atoms with E-state index in [0.29, 0.717) is 28.5 Å². The summed E-state index contributed by atoms with van der Waals surface area (Å²) in [5, 5.41) is 4.48. The molecule has 0 radical (unpaired) electrons. The predicted octanol–water partition coefficient (Wildman–Crippen LogP) is 2.45. The van der Waals surface area contributed by atoms with E-state index in [0.717, 1.165) is 4.88 Å². The molecule has 3 rings (SSSR count). The molecule has 26 heavy (non-hydrogen) atoms. The molecule has 3 aromatic heterocycles. The molecule has 1 amide bonds. The molecule has 0 fully saturated rings. The minimum absolute atomic E-state index is 0.0624. The van der Waals surface area contributed by atoms with Crippen LogP contribution in [0.25, 0.3) is 11.0 Å². The number of carbonyl (C=O) groups excluding carboxylic acids is 1. The largest absolute Gasteiger partial charge is 0.334 e. The third kappa shape index (κ3) is 3.86. The van der Waals surface area contributed by atoms with Gasteiger partial charge in [-0.1, -0.05) is 17.7 Å². The predicted molar refractivity (Wildman–Crippen MR) is 102 cm³/mol. The van der Waals surface area contributed by atoms with Gasteiger partial charge in [-0.2, -0.15) is 5.10 Å². The van der Waals surface area contributed by atoms with Crippen LogP contribution in [0.2, 0.25) is 4.34 Å². The van der Waals surface area contributed by atoms with Crippen LogP contribution in [-0.2, 0) is 24.9 Å². The first kappa shape index (κ1) is 18.3. The van der Waals surface area contributed by atoms with E-state index in [2.05, 4.69) is 16.7 Å². The fraction of sp³-hybridized carbons (Fsp3) is 0.294. The Morgan fingerprint density at radius 3 is 2.96 bits per heavy atom. The number of thiophene rings is 1. The summed E-state index contributed by atoms with van der Waals surface area (Å²) in [6.45, 7) is 4.87. The average molecular weight is 392 g/mol. The van der Waals surface area contributed by atoms with Gasteiger partial charge in [0.1, 0.15) is 5.39 Å². The number of fused-ring (bicyclic) bond motifs is 1. The molecule has 0 N–H and O–H groups in total. The second-order valence-corrected chi connectivity index (χ2v) is 7.57. The van der Waals surface area contributed by atoms with Gasteiger partial charge in [0.05, 0.1) is 23.4 Å². The molecule has 0 atom stereocenters. The average Bonchev–Trinajstić information content (AvgIpc) is 3.20. The Labute approximate surface area is 159 Å². The Morgan fingerprint density at radius 1 is 1.46 bits per heavy atom. The van der Waals surface area contributed by atoms with Gasteiger partial charge in [0.2, 0.25) is 5.91 Å². The van der Waals surface area contributed by atoms with Crippen molar-refractivity contribution in [3.63, 3.8) is 0 Å². The van der Waals surface area contributed by atoms with E-state index in [4.69, 9.17) is 11.6 Å². The van der Waals surface area contributed by atoms with Gasteiger partial charge in [0.25, 0.3) is 5.56 Å². The SMILES string of the molecule is C=CCN(Cc1ccc(Cl)s1)C(=O)CCn1cnc2c(cnn2C)c1=O. The van der Waals surface area contributed by atoms with Crippen molar-refractivity contribution < 1.29 is 4.79 Å². The molecule has 7 nitrogen and oxygen atoms in total. The van der Waals surface area contributed by atoms with Gasteiger partial charge >= 0.3 is 0 Å². The smallest absolute Gasteiger partial charge is 0.264 e. The topological polar surface area (TPSA) is 73.0 Å². The van der Waals surface area contributed by atoms with E-state index >= 15 is 0 Å². The van der Waals surface area contributed by atoms with Crippen LogP contribution in [0, 0.1) is 0 Å². The van der Waals surface area contributed by atoms with Crippen molar-refractivity contribution in [1.82, 2.24) is 24.2 Å². The zero-order valence-electron chi connectivity index (χ0n) is 14.3. The summed E-state index contributed by atoms with van der Waals surface area (Å²) in [4.78, 5) is 32.0. The molecule has 0 aliphatic rings. The van der Waals surface area contributed by atoms with Crippen LogP contribution >= 0.6 is 22.9 Å². The molecule has 0 saturated heterocycles. The van der Waals surface area contributed by atoms with Crippen molar-refractivity contribution in [2.45, 2.75) is 19.5 Å². The second kappa shape index (κ2) is 7.84. The highest BCUT2D eigenvalue weighted by molar-refractivity contribution is 7.16. The molecule has 0 saturated carbocycles. The van der Waals surface area contributed by atoms with Crippen molar-refractivity contribution in [3.05, 3.63) is 56.9 Å². The lowest BCUT2D eigenvalue weighted by atomic mass is 10.3. The highest BCUT2D eigenvalue weighted by Gasteiger charge is 2.15. The van der Waals surface area contributed by atoms with Crippen molar-refractivity contribution in [1.29, 1.82) is 0 Å². The first-order chi connectivity index (χ1) is 12.5. The molecule has 0 aliphatic carbocycles. The minimum Gasteiger partial charge on any atom is -0.334 e. The van der Waals surface area contributed by atoms with Crippen LogP contribution < -0.4 is 5.56 Å². The Kier molecular flexibility index (Phi) is 5.53. The molecule has 0 bridgehead atoms. The van der Waals surface area contributed by atoms with Gasteiger partial charge in [-0.15, -0.1) is 17.9 Å². The van der Waals surface area contributed by atoms with Gasteiger partial charge in [-0.05, 0) is 12.1 Å². The third-order valence-corrected chi connectivity index (χ3v) is 5.18. The summed E-state index contributed by atoms with van der Waals surface area (Å²) >= 11 is 7.39. The van der Waals surface area contributed by atoms with E-state index < -0.39 is 0 Å². The minimum atomic E-state index is -0.198. The number of hydrogen-bond acceptors (Lipinski definition) is 5. The molecule has 3 aromatic rings. The van der Waals surface area contributed by atoms with Crippen LogP contribution in [0.4, 0.5) is 0 Å². The van der Waals surface area contributed by atoms with Gasteiger partial charge in [0, 0.05) is 31.4 Å². The second-order valence-electron chi connectivity index (χ2n) is 5.77. The Morgan fingerprint density at radius 2 is 2.27 bits per heavy atom. The van der Waals surface area contributed by atoms with Crippen LogP contribution in [0.1, 0.15) is 11.3 Å². The first-order valence-electron chi connectivity index (χ1n) is 7.99. The Balaban J connectivity index is 1.70. The first-order valence-corrected chi connectivity index (χ1v) is 9.19. The number of hydrogen-bond donors (Lipinski definition) is 0. The maximum absolute atomic E-state index is 12.6. The zero-order chi connectivity index (χ0) is 18.7. The van der Waals surface area contributed by atoms with Crippen molar-refractivity contribution >= 4 is 39.9 Å². The maximum Gasteiger partial charge on any atom is 0.264 e. The summed E-state index contributed by atoms with van der Waals surface area (Å²) in [6.07, 6.45) is 4.83. The van der Waals surface area contributed by atoms with Crippen LogP contribution in [0.3, 0.4) is 0 Å². The summed E-state index contributed by atoms with van der Waals surface area (Å²) in [5.74, 6) is -0.0624. The number of nitrogens with zero attached hydrogens (tertiary/aromatic N) is 5. The van der Waals surface area contributed by atoms with Crippen LogP contribution in [0.15, 0.2) is 42.1 Å². The molecule has 0 aromatic carbocycles. The van der Waals surface area contributed by atoms with Crippen molar-refractivity contribution in [2.24, 2.45) is 7.05 Å². The molecular formula is C17H18ClN5O2S. The zero-order valence-corrected chi connectivity index (χ0v) is 15.8. The monoisotopic (exact) mass is 391 g/mol. The third-order valence-electron chi connectivity index (χ3n) is 3.96. The van der Waals surface area contributed by atoms with E-state index in [9.17, 15) is 9.59 Å². The number of aryl methyl sites for hydroxylation is 2. The van der Waals surface area contributed by atoms with E-state index in [1.54, 1.807) is 22.7 Å². The Hall–Kier alpha value is -2.45. The molecular weight excluding hydrogens is 374 g/mol. The standard InChI is InChI=1S/C17H18ClN5O2S/c1-3-7-22(10-12-4-5-14(18)26-12)15(24)6-8-23-11-19-16-13(17(23)25)9-20-21(16)2/h3-5,9,11H,1,6-8,10H2,2H3. The van der Waals surface area contributed by atoms with Gasteiger partial charge in [-0.3, -0.25) is 18.8 Å². The number of amides is 1. The molecule has 9 heteroatoms. The maximum atomic E-state index is 12.6.